The summed E-state index contributed by atoms with van der Waals surface area (Å²) in [5, 5.41) is 23.7. The number of carboxylic acid groups (broad SMARTS) is 1. The van der Waals surface area contributed by atoms with Gasteiger partial charge in [-0.05, 0) is 66.3 Å². The predicted octanol–water partition coefficient (Wildman–Crippen LogP) is 5.06. The molecule has 3 aromatic rings. The van der Waals surface area contributed by atoms with Crippen molar-refractivity contribution in [1.82, 2.24) is 10.3 Å². The Kier molecular flexibility index (Phi) is 6.96. The normalized spacial score (nSPS) is 16.3. The van der Waals surface area contributed by atoms with Crippen molar-refractivity contribution < 1.29 is 19.7 Å². The molecule has 32 heavy (non-hydrogen) atoms. The van der Waals surface area contributed by atoms with Crippen LogP contribution < -0.4 is 10.1 Å². The van der Waals surface area contributed by atoms with E-state index in [0.717, 1.165) is 30.4 Å². The Morgan fingerprint density at radius 2 is 2.03 bits per heavy atom. The number of hydrogen-bond donors (Lipinski definition) is 3. The van der Waals surface area contributed by atoms with Gasteiger partial charge in [-0.1, -0.05) is 41.4 Å². The molecule has 2 aromatic carbocycles. The van der Waals surface area contributed by atoms with E-state index in [1.54, 1.807) is 12.1 Å². The molecule has 0 bridgehead atoms. The van der Waals surface area contributed by atoms with Gasteiger partial charge in [0.2, 0.25) is 5.88 Å². The number of pyridine rings is 1. The highest BCUT2D eigenvalue weighted by Crippen LogP contribution is 2.32. The van der Waals surface area contributed by atoms with Gasteiger partial charge < -0.3 is 20.3 Å². The second-order valence-electron chi connectivity index (χ2n) is 7.73. The second kappa shape index (κ2) is 9.88. The van der Waals surface area contributed by atoms with Crippen molar-refractivity contribution in [2.75, 3.05) is 6.54 Å². The molecule has 0 saturated carbocycles. The van der Waals surface area contributed by atoms with Crippen molar-refractivity contribution in [2.45, 2.75) is 31.4 Å². The zero-order chi connectivity index (χ0) is 22.7. The zero-order valence-corrected chi connectivity index (χ0v) is 18.6. The number of aliphatic hydroxyl groups excluding tert-OH is 1. The maximum absolute atomic E-state index is 11.3. The number of carboxylic acids is 1. The summed E-state index contributed by atoms with van der Waals surface area (Å²) in [6.07, 6.45) is 3.37. The van der Waals surface area contributed by atoms with E-state index < -0.39 is 12.1 Å². The van der Waals surface area contributed by atoms with E-state index in [9.17, 15) is 15.0 Å². The number of nitrogens with zero attached hydrogens (tertiary/aromatic N) is 1. The molecule has 2 atom stereocenters. The minimum absolute atomic E-state index is 0.0349. The van der Waals surface area contributed by atoms with Gasteiger partial charge in [-0.25, -0.2) is 9.78 Å². The number of ether oxygens (including phenoxy) is 1. The minimum Gasteiger partial charge on any atom is -0.478 e. The average molecular weight is 473 g/mol. The van der Waals surface area contributed by atoms with Gasteiger partial charge >= 0.3 is 5.97 Å². The summed E-state index contributed by atoms with van der Waals surface area (Å²) in [4.78, 5) is 15.3. The maximum atomic E-state index is 11.3. The quantitative estimate of drug-likeness (QED) is 0.445. The molecule has 4 rings (SSSR count). The van der Waals surface area contributed by atoms with Crippen molar-refractivity contribution in [3.05, 3.63) is 87.0 Å². The van der Waals surface area contributed by atoms with Crippen LogP contribution >= 0.6 is 23.2 Å². The molecule has 1 aliphatic carbocycles. The molecule has 3 N–H and O–H groups in total. The van der Waals surface area contributed by atoms with Crippen LogP contribution in [0.2, 0.25) is 10.0 Å². The third kappa shape index (κ3) is 5.22. The van der Waals surface area contributed by atoms with Crippen molar-refractivity contribution in [3.63, 3.8) is 0 Å². The molecule has 0 fully saturated rings. The molecular weight excluding hydrogens is 451 g/mol. The highest BCUT2D eigenvalue weighted by molar-refractivity contribution is 6.34. The monoisotopic (exact) mass is 472 g/mol. The number of aliphatic hydroxyl groups is 1. The van der Waals surface area contributed by atoms with E-state index >= 15 is 0 Å². The van der Waals surface area contributed by atoms with E-state index in [2.05, 4.69) is 10.3 Å². The number of aryl methyl sites for hydroxylation is 1. The lowest BCUT2D eigenvalue weighted by atomic mass is 9.88. The Bertz CT molecular complexity index is 1140. The number of benzene rings is 2. The van der Waals surface area contributed by atoms with Crippen LogP contribution in [0.4, 0.5) is 0 Å². The molecule has 0 unspecified atom stereocenters. The number of fused-ring (bicyclic) bond motifs is 1. The lowest BCUT2D eigenvalue weighted by molar-refractivity contribution is 0.0696. The Balaban J connectivity index is 1.42. The van der Waals surface area contributed by atoms with Crippen molar-refractivity contribution in [2.24, 2.45) is 0 Å². The summed E-state index contributed by atoms with van der Waals surface area (Å²) in [6, 6.07) is 14.6. The Hall–Kier alpha value is -2.64. The maximum Gasteiger partial charge on any atom is 0.337 e. The number of rotatable bonds is 7. The van der Waals surface area contributed by atoms with Gasteiger partial charge in [0, 0.05) is 23.8 Å². The lowest BCUT2D eigenvalue weighted by Crippen LogP contribution is -2.37. The Labute approximate surface area is 195 Å². The van der Waals surface area contributed by atoms with Crippen molar-refractivity contribution in [3.8, 4) is 11.6 Å². The standard InChI is InChI=1S/C24H22Cl2N2O4/c25-17-3-1-2-15(10-17)21(29)13-28-18-6-4-14-5-7-19(12-16(14)11-18)32-23-22(26)20(24(30)31)8-9-27-23/h1-3,5,7-10,12,18,21,28-29H,4,6,11,13H2,(H,30,31)/t18-,21+/m0/s1. The van der Waals surface area contributed by atoms with Crippen LogP contribution in [0.25, 0.3) is 0 Å². The first-order valence-corrected chi connectivity index (χ1v) is 11.0. The van der Waals surface area contributed by atoms with Gasteiger partial charge in [0.15, 0.2) is 0 Å². The first-order valence-electron chi connectivity index (χ1n) is 10.2. The van der Waals surface area contributed by atoms with Crippen LogP contribution in [-0.2, 0) is 12.8 Å². The first kappa shape index (κ1) is 22.6. The van der Waals surface area contributed by atoms with E-state index in [1.807, 2.05) is 30.3 Å². The van der Waals surface area contributed by atoms with E-state index in [4.69, 9.17) is 27.9 Å². The molecule has 8 heteroatoms. The molecule has 0 aliphatic heterocycles. The fourth-order valence-electron chi connectivity index (χ4n) is 3.85. The highest BCUT2D eigenvalue weighted by Gasteiger charge is 2.21. The largest absolute Gasteiger partial charge is 0.478 e. The molecule has 1 aliphatic rings. The van der Waals surface area contributed by atoms with Crippen LogP contribution in [0.3, 0.4) is 0 Å². The highest BCUT2D eigenvalue weighted by atomic mass is 35.5. The van der Waals surface area contributed by atoms with E-state index in [1.165, 1.54) is 17.8 Å². The Morgan fingerprint density at radius 3 is 2.81 bits per heavy atom. The molecule has 0 amide bonds. The van der Waals surface area contributed by atoms with E-state index in [0.29, 0.717) is 17.3 Å². The van der Waals surface area contributed by atoms with Crippen LogP contribution in [0.5, 0.6) is 11.6 Å². The molecule has 0 spiro atoms. The third-order valence-corrected chi connectivity index (χ3v) is 6.14. The van der Waals surface area contributed by atoms with Crippen LogP contribution in [-0.4, -0.2) is 33.8 Å². The number of carbonyl (C=O) groups is 1. The SMILES string of the molecule is O=C(O)c1ccnc(Oc2ccc3c(c2)C[C@@H](NC[C@@H](O)c2cccc(Cl)c2)CC3)c1Cl. The fourth-order valence-corrected chi connectivity index (χ4v) is 4.28. The summed E-state index contributed by atoms with van der Waals surface area (Å²) < 4.78 is 5.79. The van der Waals surface area contributed by atoms with Gasteiger partial charge in [0.05, 0.1) is 11.7 Å². The van der Waals surface area contributed by atoms with Crippen LogP contribution in [0.15, 0.2) is 54.7 Å². The number of aromatic nitrogens is 1. The molecule has 166 valence electrons. The summed E-state index contributed by atoms with van der Waals surface area (Å²) in [7, 11) is 0. The van der Waals surface area contributed by atoms with Crippen LogP contribution in [0.1, 0.15) is 39.6 Å². The molecule has 0 radical (unpaired) electrons. The summed E-state index contributed by atoms with van der Waals surface area (Å²) in [5.74, 6) is -0.538. The summed E-state index contributed by atoms with van der Waals surface area (Å²) in [6.45, 7) is 0.429. The fraction of sp³-hybridized carbons (Fsp3) is 0.250. The lowest BCUT2D eigenvalue weighted by Gasteiger charge is -2.27. The molecule has 1 heterocycles. The topological polar surface area (TPSA) is 91.7 Å². The number of aromatic carboxylic acids is 1. The third-order valence-electron chi connectivity index (χ3n) is 5.54. The van der Waals surface area contributed by atoms with Crippen molar-refractivity contribution >= 4 is 29.2 Å². The second-order valence-corrected chi connectivity index (χ2v) is 8.55. The molecular formula is C24H22Cl2N2O4. The van der Waals surface area contributed by atoms with E-state index in [-0.39, 0.29) is 22.5 Å². The summed E-state index contributed by atoms with van der Waals surface area (Å²) >= 11 is 12.2. The van der Waals surface area contributed by atoms with Crippen LogP contribution in [0, 0.1) is 0 Å². The van der Waals surface area contributed by atoms with Crippen molar-refractivity contribution in [1.29, 1.82) is 0 Å². The predicted molar refractivity (Wildman–Crippen MR) is 123 cm³/mol. The first-order chi connectivity index (χ1) is 15.4. The number of nitrogens with one attached hydrogen (secondary N) is 1. The smallest absolute Gasteiger partial charge is 0.337 e. The van der Waals surface area contributed by atoms with Gasteiger partial charge in [-0.3, -0.25) is 0 Å². The number of halogens is 2. The van der Waals surface area contributed by atoms with Gasteiger partial charge in [0.1, 0.15) is 10.8 Å². The molecule has 6 nitrogen and oxygen atoms in total. The minimum atomic E-state index is -1.14. The average Bonchev–Trinajstić information content (AvgIpc) is 2.78. The molecule has 1 aromatic heterocycles. The number of hydrogen-bond acceptors (Lipinski definition) is 5. The zero-order valence-electron chi connectivity index (χ0n) is 17.1. The Morgan fingerprint density at radius 1 is 1.19 bits per heavy atom. The summed E-state index contributed by atoms with van der Waals surface area (Å²) in [5.41, 5.74) is 3.10. The van der Waals surface area contributed by atoms with Gasteiger partial charge in [0.25, 0.3) is 0 Å². The van der Waals surface area contributed by atoms with Gasteiger partial charge in [-0.15, -0.1) is 0 Å². The molecule has 0 saturated heterocycles. The van der Waals surface area contributed by atoms with Gasteiger partial charge in [-0.2, -0.15) is 0 Å².